The molecule has 0 saturated carbocycles. The lowest BCUT2D eigenvalue weighted by Gasteiger charge is -2.44. The minimum absolute atomic E-state index is 0.00461. The maximum Gasteiger partial charge on any atom is 0.132 e. The van der Waals surface area contributed by atoms with E-state index in [0.29, 0.717) is 0 Å². The molecule has 3 aliphatic rings. The second-order valence-corrected chi connectivity index (χ2v) is 18.7. The predicted octanol–water partition coefficient (Wildman–Crippen LogP) is 11.7. The highest BCUT2D eigenvalue weighted by molar-refractivity contribution is 9.10. The van der Waals surface area contributed by atoms with Gasteiger partial charge in [-0.1, -0.05) is 95.2 Å². The van der Waals surface area contributed by atoms with E-state index in [0.717, 1.165) is 43.2 Å². The van der Waals surface area contributed by atoms with E-state index in [-0.39, 0.29) is 32.5 Å². The zero-order valence-electron chi connectivity index (χ0n) is 29.3. The van der Waals surface area contributed by atoms with Gasteiger partial charge in [-0.2, -0.15) is 0 Å². The van der Waals surface area contributed by atoms with Gasteiger partial charge in [-0.3, -0.25) is 0 Å². The number of aromatic nitrogens is 2. The molecule has 4 aromatic rings. The van der Waals surface area contributed by atoms with Crippen molar-refractivity contribution >= 4 is 31.9 Å². The minimum atomic E-state index is -0.833. The third kappa shape index (κ3) is 3.60. The third-order valence-electron chi connectivity index (χ3n) is 14.4. The van der Waals surface area contributed by atoms with Crippen LogP contribution >= 0.6 is 31.9 Å². The number of nitrogens with zero attached hydrogens (tertiary/aromatic N) is 2. The highest BCUT2D eigenvalue weighted by Crippen LogP contribution is 2.67. The smallest absolute Gasteiger partial charge is 0.132 e. The van der Waals surface area contributed by atoms with Crippen LogP contribution in [0.25, 0.3) is 0 Å². The van der Waals surface area contributed by atoms with Crippen molar-refractivity contribution < 1.29 is 4.74 Å². The Balaban J connectivity index is 1.69. The van der Waals surface area contributed by atoms with Gasteiger partial charge in [0, 0.05) is 11.1 Å². The van der Waals surface area contributed by atoms with Gasteiger partial charge in [0.05, 0.1) is 11.4 Å². The molecular weight excluding hydrogens is 696 g/mol. The summed E-state index contributed by atoms with van der Waals surface area (Å²) in [6.07, 6.45) is 0. The summed E-state index contributed by atoms with van der Waals surface area (Å²) in [5.41, 5.74) is 8.32. The van der Waals surface area contributed by atoms with Gasteiger partial charge in [0.2, 0.25) is 0 Å². The van der Waals surface area contributed by atoms with Crippen LogP contribution in [0.15, 0.2) is 69.9 Å². The number of fused-ring (bicyclic) bond motifs is 4. The van der Waals surface area contributed by atoms with Gasteiger partial charge in [0.15, 0.2) is 0 Å². The first-order chi connectivity index (χ1) is 21.1. The summed E-state index contributed by atoms with van der Waals surface area (Å²) in [6, 6.07) is 22.1. The topological polar surface area (TPSA) is 35.0 Å². The Morgan fingerprint density at radius 1 is 0.457 bits per heavy atom. The Labute approximate surface area is 292 Å². The van der Waals surface area contributed by atoms with Crippen molar-refractivity contribution in [3.8, 4) is 11.5 Å². The number of hydrogen-bond donors (Lipinski definition) is 0. The molecule has 5 heteroatoms. The van der Waals surface area contributed by atoms with Crippen molar-refractivity contribution in [2.75, 3.05) is 0 Å². The van der Waals surface area contributed by atoms with E-state index in [9.17, 15) is 0 Å². The Kier molecular flexibility index (Phi) is 6.51. The van der Waals surface area contributed by atoms with E-state index in [1.165, 1.54) is 22.3 Å². The van der Waals surface area contributed by atoms with E-state index in [1.807, 2.05) is 12.1 Å². The monoisotopic (exact) mass is 740 g/mol. The maximum atomic E-state index is 7.17. The Bertz CT molecular complexity index is 1820. The summed E-state index contributed by atoms with van der Waals surface area (Å²) in [5.74, 6) is 1.76. The second kappa shape index (κ2) is 9.35. The van der Waals surface area contributed by atoms with E-state index in [1.54, 1.807) is 0 Å². The fourth-order valence-electron chi connectivity index (χ4n) is 9.07. The summed E-state index contributed by atoms with van der Waals surface area (Å²) in [7, 11) is 0. The maximum absolute atomic E-state index is 7.17. The molecule has 0 N–H and O–H groups in total. The lowest BCUT2D eigenvalue weighted by Crippen LogP contribution is -2.42. The molecule has 3 heterocycles. The molecule has 3 nitrogen and oxygen atoms in total. The Hall–Kier alpha value is -2.50. The van der Waals surface area contributed by atoms with E-state index in [4.69, 9.17) is 14.7 Å². The van der Waals surface area contributed by atoms with Crippen LogP contribution in [0.4, 0.5) is 0 Å². The van der Waals surface area contributed by atoms with Crippen LogP contribution in [0.2, 0.25) is 0 Å². The van der Waals surface area contributed by atoms with Crippen LogP contribution in [0, 0.1) is 10.8 Å². The first kappa shape index (κ1) is 32.1. The van der Waals surface area contributed by atoms with Crippen molar-refractivity contribution in [2.24, 2.45) is 10.8 Å². The van der Waals surface area contributed by atoms with Crippen molar-refractivity contribution in [1.29, 1.82) is 0 Å². The SMILES string of the molecule is CC1(C)c2cc3c(cc2C(C)(C)C1(C)C)C(c1cccc(Br)n1)(c1cccc(Br)n1)c1cc2c(cc1O3)C(C)(C)C(C)(C)C2(C)C. The summed E-state index contributed by atoms with van der Waals surface area (Å²) in [6.45, 7) is 28.8. The Morgan fingerprint density at radius 2 is 0.783 bits per heavy atom. The zero-order valence-corrected chi connectivity index (χ0v) is 32.5. The van der Waals surface area contributed by atoms with Gasteiger partial charge in [0.25, 0.3) is 0 Å². The fourth-order valence-corrected chi connectivity index (χ4v) is 9.76. The van der Waals surface area contributed by atoms with Gasteiger partial charge in [-0.05, 0) is 135 Å². The van der Waals surface area contributed by atoms with Crippen molar-refractivity contribution in [2.45, 2.75) is 110 Å². The molecule has 0 bridgehead atoms. The zero-order chi connectivity index (χ0) is 33.6. The quantitative estimate of drug-likeness (QED) is 0.169. The number of pyridine rings is 2. The number of rotatable bonds is 2. The molecule has 0 fully saturated rings. The number of benzene rings is 2. The van der Waals surface area contributed by atoms with Gasteiger partial charge in [0.1, 0.15) is 26.1 Å². The van der Waals surface area contributed by atoms with Crippen LogP contribution in [0.3, 0.4) is 0 Å². The Morgan fingerprint density at radius 3 is 1.11 bits per heavy atom. The number of halogens is 2. The van der Waals surface area contributed by atoms with Gasteiger partial charge in [-0.25, -0.2) is 9.97 Å². The summed E-state index contributed by atoms with van der Waals surface area (Å²) in [4.78, 5) is 10.5. The molecule has 0 atom stereocenters. The van der Waals surface area contributed by atoms with Gasteiger partial charge >= 0.3 is 0 Å². The molecule has 0 amide bonds. The largest absolute Gasteiger partial charge is 0.457 e. The first-order valence-corrected chi connectivity index (χ1v) is 18.1. The van der Waals surface area contributed by atoms with Crippen LogP contribution in [0.5, 0.6) is 11.5 Å². The van der Waals surface area contributed by atoms with Crippen LogP contribution in [0.1, 0.15) is 128 Å². The lowest BCUT2D eigenvalue weighted by molar-refractivity contribution is 0.125. The molecule has 2 aromatic heterocycles. The molecule has 2 aromatic carbocycles. The minimum Gasteiger partial charge on any atom is -0.457 e. The number of ether oxygens (including phenoxy) is 1. The second-order valence-electron chi connectivity index (χ2n) is 17.1. The van der Waals surface area contributed by atoms with Gasteiger partial charge in [-0.15, -0.1) is 0 Å². The third-order valence-corrected chi connectivity index (χ3v) is 15.3. The highest BCUT2D eigenvalue weighted by Gasteiger charge is 2.61. The molecule has 0 unspecified atom stereocenters. The average Bonchev–Trinajstić information content (AvgIpc) is 3.14. The lowest BCUT2D eigenvalue weighted by atomic mass is 9.59. The van der Waals surface area contributed by atoms with Crippen LogP contribution < -0.4 is 4.74 Å². The van der Waals surface area contributed by atoms with Crippen molar-refractivity contribution in [3.63, 3.8) is 0 Å². The summed E-state index contributed by atoms with van der Waals surface area (Å²) < 4.78 is 8.75. The van der Waals surface area contributed by atoms with Gasteiger partial charge < -0.3 is 4.74 Å². The molecule has 2 aliphatic carbocycles. The molecule has 0 saturated heterocycles. The molecule has 46 heavy (non-hydrogen) atoms. The van der Waals surface area contributed by atoms with Crippen LogP contribution in [-0.2, 0) is 27.1 Å². The fraction of sp³-hybridized carbons (Fsp3) is 0.463. The van der Waals surface area contributed by atoms with E-state index in [2.05, 4.69) is 163 Å². The highest BCUT2D eigenvalue weighted by atomic mass is 79.9. The molecular formula is C41H46Br2N2O. The molecule has 0 spiro atoms. The number of hydrogen-bond acceptors (Lipinski definition) is 3. The van der Waals surface area contributed by atoms with E-state index >= 15 is 0 Å². The molecule has 1 aliphatic heterocycles. The normalized spacial score (nSPS) is 22.7. The average molecular weight is 743 g/mol. The standard InChI is InChI=1S/C41H46Br2N2O/c1-35(2)23-19-27-29(21-25(23)37(5,6)39(35,9)10)46-30-22-26-24(36(3,4)40(11,12)38(26,7)8)20-28(30)41(27,31-15-13-17-33(42)44-31)32-16-14-18-34(43)45-32/h13-22H,1-12H3. The van der Waals surface area contributed by atoms with Crippen LogP contribution in [-0.4, -0.2) is 9.97 Å². The summed E-state index contributed by atoms with van der Waals surface area (Å²) in [5, 5.41) is 0. The molecule has 0 radical (unpaired) electrons. The van der Waals surface area contributed by atoms with Crippen molar-refractivity contribution in [3.05, 3.63) is 115 Å². The van der Waals surface area contributed by atoms with Crippen molar-refractivity contribution in [1.82, 2.24) is 9.97 Å². The summed E-state index contributed by atoms with van der Waals surface area (Å²) >= 11 is 7.49. The van der Waals surface area contributed by atoms with E-state index < -0.39 is 5.41 Å². The first-order valence-electron chi connectivity index (χ1n) is 16.5. The predicted molar refractivity (Wildman–Crippen MR) is 195 cm³/mol. The molecule has 240 valence electrons. The molecule has 7 rings (SSSR count).